The third-order valence-electron chi connectivity index (χ3n) is 2.58. The molecule has 2 heterocycles. The molecular formula is C11H14ClFN4. The SMILES string of the molecule is CCCC(C)(F)c1nc2nc(C)cc(Cl)n2n1. The van der Waals surface area contributed by atoms with Crippen LogP contribution in [0.3, 0.4) is 0 Å². The monoisotopic (exact) mass is 256 g/mol. The second-order valence-corrected chi connectivity index (χ2v) is 4.70. The van der Waals surface area contributed by atoms with Crippen LogP contribution >= 0.6 is 11.6 Å². The number of rotatable bonds is 3. The maximum absolute atomic E-state index is 14.3. The quantitative estimate of drug-likeness (QED) is 0.793. The summed E-state index contributed by atoms with van der Waals surface area (Å²) in [7, 11) is 0. The van der Waals surface area contributed by atoms with Gasteiger partial charge in [-0.2, -0.15) is 9.50 Å². The van der Waals surface area contributed by atoms with Crippen LogP contribution in [0.4, 0.5) is 4.39 Å². The molecule has 17 heavy (non-hydrogen) atoms. The van der Waals surface area contributed by atoms with Gasteiger partial charge in [0.05, 0.1) is 0 Å². The van der Waals surface area contributed by atoms with Crippen molar-refractivity contribution in [2.75, 3.05) is 0 Å². The first kappa shape index (κ1) is 12.2. The normalized spacial score (nSPS) is 15.1. The molecule has 0 amide bonds. The molecule has 0 aliphatic carbocycles. The van der Waals surface area contributed by atoms with Crippen LogP contribution in [0.15, 0.2) is 6.07 Å². The van der Waals surface area contributed by atoms with Crippen LogP contribution in [0.25, 0.3) is 5.78 Å². The summed E-state index contributed by atoms with van der Waals surface area (Å²) in [5, 5.41) is 4.47. The van der Waals surface area contributed by atoms with Gasteiger partial charge in [0.15, 0.2) is 11.5 Å². The third-order valence-corrected chi connectivity index (χ3v) is 2.85. The number of halogens is 2. The zero-order valence-electron chi connectivity index (χ0n) is 10.0. The van der Waals surface area contributed by atoms with E-state index in [2.05, 4.69) is 15.1 Å². The van der Waals surface area contributed by atoms with Gasteiger partial charge in [0.2, 0.25) is 0 Å². The fourth-order valence-electron chi connectivity index (χ4n) is 1.75. The highest BCUT2D eigenvalue weighted by Gasteiger charge is 2.30. The molecule has 1 unspecified atom stereocenters. The first-order chi connectivity index (χ1) is 7.94. The molecule has 0 aromatic carbocycles. The van der Waals surface area contributed by atoms with Gasteiger partial charge in [-0.3, -0.25) is 0 Å². The molecule has 0 saturated carbocycles. The molecule has 2 rings (SSSR count). The minimum atomic E-state index is -1.54. The van der Waals surface area contributed by atoms with Crippen molar-refractivity contribution in [1.29, 1.82) is 0 Å². The van der Waals surface area contributed by atoms with Gasteiger partial charge >= 0.3 is 0 Å². The fraction of sp³-hybridized carbons (Fsp3) is 0.545. The number of aromatic nitrogens is 4. The Bertz CT molecular complexity index is 550. The molecule has 0 N–H and O–H groups in total. The number of nitrogens with zero attached hydrogens (tertiary/aromatic N) is 4. The summed E-state index contributed by atoms with van der Waals surface area (Å²) in [6, 6.07) is 1.67. The van der Waals surface area contributed by atoms with Gasteiger partial charge < -0.3 is 0 Å². The van der Waals surface area contributed by atoms with Crippen LogP contribution < -0.4 is 0 Å². The lowest BCUT2D eigenvalue weighted by atomic mass is 10.0. The van der Waals surface area contributed by atoms with Gasteiger partial charge in [0.25, 0.3) is 5.78 Å². The smallest absolute Gasteiger partial charge is 0.235 e. The molecule has 2 aromatic heterocycles. The Morgan fingerprint density at radius 3 is 2.82 bits per heavy atom. The zero-order chi connectivity index (χ0) is 12.6. The van der Waals surface area contributed by atoms with E-state index in [0.29, 0.717) is 17.4 Å². The summed E-state index contributed by atoms with van der Waals surface area (Å²) in [5.41, 5.74) is -0.808. The minimum absolute atomic E-state index is 0.138. The van der Waals surface area contributed by atoms with Crippen molar-refractivity contribution in [3.63, 3.8) is 0 Å². The van der Waals surface area contributed by atoms with E-state index in [1.807, 2.05) is 6.92 Å². The summed E-state index contributed by atoms with van der Waals surface area (Å²) in [5.74, 6) is 0.476. The second kappa shape index (κ2) is 4.22. The predicted molar refractivity (Wildman–Crippen MR) is 63.9 cm³/mol. The van der Waals surface area contributed by atoms with Crippen molar-refractivity contribution in [2.45, 2.75) is 39.3 Å². The Labute approximate surface area is 104 Å². The van der Waals surface area contributed by atoms with Gasteiger partial charge in [0.1, 0.15) is 5.15 Å². The van der Waals surface area contributed by atoms with E-state index in [4.69, 9.17) is 11.6 Å². The van der Waals surface area contributed by atoms with E-state index < -0.39 is 5.67 Å². The Hall–Kier alpha value is -1.23. The van der Waals surface area contributed by atoms with Crippen LogP contribution in [0.2, 0.25) is 5.15 Å². The van der Waals surface area contributed by atoms with Gasteiger partial charge in [-0.05, 0) is 26.3 Å². The third kappa shape index (κ3) is 2.24. The van der Waals surface area contributed by atoms with Gasteiger partial charge in [-0.1, -0.05) is 24.9 Å². The van der Waals surface area contributed by atoms with Crippen molar-refractivity contribution in [2.24, 2.45) is 0 Å². The lowest BCUT2D eigenvalue weighted by Gasteiger charge is -2.14. The van der Waals surface area contributed by atoms with Crippen LogP contribution in [0, 0.1) is 6.92 Å². The fourth-order valence-corrected chi connectivity index (χ4v) is 2.02. The first-order valence-corrected chi connectivity index (χ1v) is 5.91. The molecule has 0 aliphatic heterocycles. The van der Waals surface area contributed by atoms with Gasteiger partial charge in [-0.25, -0.2) is 9.37 Å². The number of aryl methyl sites for hydroxylation is 1. The molecule has 92 valence electrons. The van der Waals surface area contributed by atoms with Crippen molar-refractivity contribution < 1.29 is 4.39 Å². The molecular weight excluding hydrogens is 243 g/mol. The lowest BCUT2D eigenvalue weighted by molar-refractivity contribution is 0.162. The van der Waals surface area contributed by atoms with E-state index >= 15 is 0 Å². The van der Waals surface area contributed by atoms with E-state index in [0.717, 1.165) is 12.1 Å². The molecule has 0 radical (unpaired) electrons. The molecule has 0 saturated heterocycles. The maximum Gasteiger partial charge on any atom is 0.254 e. The summed E-state index contributed by atoms with van der Waals surface area (Å²) in [4.78, 5) is 8.27. The molecule has 1 atom stereocenters. The molecule has 0 fully saturated rings. The van der Waals surface area contributed by atoms with Crippen LogP contribution in [-0.4, -0.2) is 19.6 Å². The highest BCUT2D eigenvalue weighted by molar-refractivity contribution is 6.29. The standard InChI is InChI=1S/C11H14ClFN4/c1-4-5-11(3,13)9-15-10-14-7(2)6-8(12)17(10)16-9/h6H,4-5H2,1-3H3. The van der Waals surface area contributed by atoms with E-state index in [9.17, 15) is 4.39 Å². The average Bonchev–Trinajstić information content (AvgIpc) is 2.62. The minimum Gasteiger partial charge on any atom is -0.235 e. The molecule has 6 heteroatoms. The molecule has 2 aromatic rings. The van der Waals surface area contributed by atoms with Crippen molar-refractivity contribution in [3.8, 4) is 0 Å². The van der Waals surface area contributed by atoms with Crippen LogP contribution in [0.1, 0.15) is 38.2 Å². The highest BCUT2D eigenvalue weighted by Crippen LogP contribution is 2.28. The van der Waals surface area contributed by atoms with Gasteiger partial charge in [-0.15, -0.1) is 5.10 Å². The highest BCUT2D eigenvalue weighted by atomic mass is 35.5. The molecule has 4 nitrogen and oxygen atoms in total. The summed E-state index contributed by atoms with van der Waals surface area (Å²) in [6.07, 6.45) is 1.10. The van der Waals surface area contributed by atoms with E-state index in [1.165, 1.54) is 11.4 Å². The average molecular weight is 257 g/mol. The summed E-state index contributed by atoms with van der Waals surface area (Å²) >= 11 is 6.00. The molecule has 0 aliphatic rings. The number of alkyl halides is 1. The van der Waals surface area contributed by atoms with Crippen molar-refractivity contribution in [3.05, 3.63) is 22.7 Å². The number of hydrogen-bond acceptors (Lipinski definition) is 3. The Kier molecular flexibility index (Phi) is 3.03. The summed E-state index contributed by atoms with van der Waals surface area (Å²) in [6.45, 7) is 5.20. The van der Waals surface area contributed by atoms with E-state index in [-0.39, 0.29) is 5.82 Å². The Morgan fingerprint density at radius 1 is 1.47 bits per heavy atom. The van der Waals surface area contributed by atoms with E-state index in [1.54, 1.807) is 13.0 Å². The van der Waals surface area contributed by atoms with Crippen molar-refractivity contribution >= 4 is 17.4 Å². The number of hydrogen-bond donors (Lipinski definition) is 0. The topological polar surface area (TPSA) is 43.1 Å². The molecule has 0 spiro atoms. The zero-order valence-corrected chi connectivity index (χ0v) is 10.8. The Balaban J connectivity index is 2.55. The maximum atomic E-state index is 14.3. The van der Waals surface area contributed by atoms with Crippen LogP contribution in [-0.2, 0) is 5.67 Å². The summed E-state index contributed by atoms with van der Waals surface area (Å²) < 4.78 is 15.6. The molecule has 0 bridgehead atoms. The predicted octanol–water partition coefficient (Wildman–Crippen LogP) is 3.07. The Morgan fingerprint density at radius 2 is 2.18 bits per heavy atom. The number of fused-ring (bicyclic) bond motifs is 1. The first-order valence-electron chi connectivity index (χ1n) is 5.53. The largest absolute Gasteiger partial charge is 0.254 e. The van der Waals surface area contributed by atoms with Crippen LogP contribution in [0.5, 0.6) is 0 Å². The second-order valence-electron chi connectivity index (χ2n) is 4.31. The van der Waals surface area contributed by atoms with Gasteiger partial charge in [0, 0.05) is 5.69 Å². The lowest BCUT2D eigenvalue weighted by Crippen LogP contribution is -2.17. The van der Waals surface area contributed by atoms with Crippen molar-refractivity contribution in [1.82, 2.24) is 19.6 Å².